The minimum atomic E-state index is -4.62. The van der Waals surface area contributed by atoms with E-state index in [1.165, 1.54) is 0 Å². The van der Waals surface area contributed by atoms with Gasteiger partial charge in [0.1, 0.15) is 0 Å². The van der Waals surface area contributed by atoms with Crippen molar-refractivity contribution in [2.75, 3.05) is 0 Å². The van der Waals surface area contributed by atoms with Gasteiger partial charge in [-0.3, -0.25) is 10.1 Å². The molecule has 1 radical (unpaired) electrons. The number of allylic oxidation sites excluding steroid dienone is 2. The van der Waals surface area contributed by atoms with Crippen LogP contribution in [0.25, 0.3) is 0 Å². The van der Waals surface area contributed by atoms with Crippen LogP contribution in [0, 0.1) is 17.0 Å². The third-order valence-corrected chi connectivity index (χ3v) is 2.16. The fourth-order valence-corrected chi connectivity index (χ4v) is 1.53. The summed E-state index contributed by atoms with van der Waals surface area (Å²) in [6, 6.07) is 0. The summed E-state index contributed by atoms with van der Waals surface area (Å²) in [5.74, 6) is 0. The average molecular weight is 241 g/mol. The molecule has 1 aliphatic rings. The molecule has 0 aromatic rings. The average Bonchev–Trinajstić information content (AvgIpc) is 2.00. The summed E-state index contributed by atoms with van der Waals surface area (Å²) in [7, 11) is 0. The van der Waals surface area contributed by atoms with Gasteiger partial charge in [0, 0.05) is 28.5 Å². The van der Waals surface area contributed by atoms with Gasteiger partial charge in [0.25, 0.3) is 0 Å². The second-order valence-corrected chi connectivity index (χ2v) is 3.67. The molecule has 0 N–H and O–H groups in total. The Bertz CT molecular complexity index is 361. The molecule has 1 atom stereocenters. The number of alkyl halides is 3. The van der Waals surface area contributed by atoms with E-state index in [9.17, 15) is 23.3 Å². The summed E-state index contributed by atoms with van der Waals surface area (Å²) < 4.78 is 37.0. The number of rotatable bonds is 1. The van der Waals surface area contributed by atoms with Crippen LogP contribution in [0.15, 0.2) is 22.8 Å². The predicted molar refractivity (Wildman–Crippen MR) is 47.8 cm³/mol. The Hall–Kier alpha value is -1.04. The second-order valence-electron chi connectivity index (χ2n) is 3.23. The molecule has 3 nitrogen and oxygen atoms in total. The molecule has 15 heavy (non-hydrogen) atoms. The Kier molecular flexibility index (Phi) is 2.82. The number of nitrogens with zero attached hydrogens (tertiary/aromatic N) is 1. The number of hydrogen-bond acceptors (Lipinski definition) is 2. The van der Waals surface area contributed by atoms with E-state index in [0.717, 1.165) is 6.08 Å². The highest BCUT2D eigenvalue weighted by Gasteiger charge is 2.46. The largest absolute Gasteiger partial charge is 0.413 e. The fourth-order valence-electron chi connectivity index (χ4n) is 1.20. The molecule has 0 heterocycles. The van der Waals surface area contributed by atoms with Gasteiger partial charge in [-0.15, -0.1) is 0 Å². The molecule has 0 bridgehead atoms. The van der Waals surface area contributed by atoms with E-state index in [2.05, 4.69) is 6.92 Å². The third kappa shape index (κ3) is 2.50. The van der Waals surface area contributed by atoms with Crippen molar-refractivity contribution in [2.45, 2.75) is 18.1 Å². The molecule has 0 spiro atoms. The highest BCUT2D eigenvalue weighted by molar-refractivity contribution is 6.31. The summed E-state index contributed by atoms with van der Waals surface area (Å²) in [6.07, 6.45) is -3.84. The van der Waals surface area contributed by atoms with Crippen LogP contribution in [0.1, 0.15) is 6.42 Å². The highest BCUT2D eigenvalue weighted by Crippen LogP contribution is 2.38. The van der Waals surface area contributed by atoms with Crippen LogP contribution in [0.3, 0.4) is 0 Å². The quantitative estimate of drug-likeness (QED) is 0.522. The molecule has 7 heteroatoms. The normalized spacial score (nSPS) is 27.0. The smallest absolute Gasteiger partial charge is 0.264 e. The fraction of sp³-hybridized carbons (Fsp3) is 0.375. The first kappa shape index (κ1) is 12.0. The summed E-state index contributed by atoms with van der Waals surface area (Å²) in [5.41, 5.74) is -3.07. The highest BCUT2D eigenvalue weighted by atomic mass is 35.5. The Morgan fingerprint density at radius 1 is 1.60 bits per heavy atom. The summed E-state index contributed by atoms with van der Waals surface area (Å²) in [6.45, 7) is 3.14. The van der Waals surface area contributed by atoms with Crippen LogP contribution >= 0.6 is 11.6 Å². The van der Waals surface area contributed by atoms with Crippen LogP contribution in [0.5, 0.6) is 0 Å². The molecule has 0 saturated carbocycles. The van der Waals surface area contributed by atoms with E-state index in [1.54, 1.807) is 0 Å². The van der Waals surface area contributed by atoms with Crippen molar-refractivity contribution in [1.29, 1.82) is 0 Å². The Labute approximate surface area is 88.4 Å². The molecule has 1 aliphatic carbocycles. The monoisotopic (exact) mass is 240 g/mol. The van der Waals surface area contributed by atoms with Gasteiger partial charge in [-0.25, -0.2) is 0 Å². The Morgan fingerprint density at radius 2 is 2.13 bits per heavy atom. The van der Waals surface area contributed by atoms with Crippen molar-refractivity contribution in [2.24, 2.45) is 0 Å². The summed E-state index contributed by atoms with van der Waals surface area (Å²) in [4.78, 5) is 9.66. The molecular formula is C8H6ClF3NO2. The SMILES string of the molecule is [CH2]C1([N+](=O)[O-])C=C(Cl)C=C(C(F)(F)F)C1. The zero-order valence-electron chi connectivity index (χ0n) is 7.34. The van der Waals surface area contributed by atoms with Gasteiger partial charge in [0.2, 0.25) is 5.54 Å². The van der Waals surface area contributed by atoms with Crippen LogP contribution in [-0.4, -0.2) is 16.6 Å². The van der Waals surface area contributed by atoms with Crippen molar-refractivity contribution in [3.05, 3.63) is 39.8 Å². The van der Waals surface area contributed by atoms with Gasteiger partial charge in [0.05, 0.1) is 6.42 Å². The molecule has 0 aromatic carbocycles. The molecule has 1 rings (SSSR count). The van der Waals surface area contributed by atoms with Crippen molar-refractivity contribution >= 4 is 11.6 Å². The van der Waals surface area contributed by atoms with Crippen molar-refractivity contribution < 1.29 is 18.1 Å². The first-order valence-electron chi connectivity index (χ1n) is 3.81. The maximum Gasteiger partial charge on any atom is 0.413 e. The lowest BCUT2D eigenvalue weighted by molar-refractivity contribution is -0.542. The first-order valence-corrected chi connectivity index (χ1v) is 4.19. The molecule has 0 amide bonds. The zero-order chi connectivity index (χ0) is 11.9. The molecule has 0 saturated heterocycles. The molecule has 1 unspecified atom stereocenters. The second kappa shape index (κ2) is 3.52. The van der Waals surface area contributed by atoms with Gasteiger partial charge < -0.3 is 0 Å². The minimum absolute atomic E-state index is 0.319. The number of halogens is 4. The van der Waals surface area contributed by atoms with Crippen molar-refractivity contribution in [1.82, 2.24) is 0 Å². The minimum Gasteiger partial charge on any atom is -0.264 e. The lowest BCUT2D eigenvalue weighted by Crippen LogP contribution is -2.37. The Balaban J connectivity index is 3.10. The lowest BCUT2D eigenvalue weighted by atomic mass is 9.88. The van der Waals surface area contributed by atoms with E-state index in [-0.39, 0.29) is 5.03 Å². The maximum atomic E-state index is 12.3. The van der Waals surface area contributed by atoms with Crippen molar-refractivity contribution in [3.63, 3.8) is 0 Å². The molecule has 0 aromatic heterocycles. The molecule has 0 aliphatic heterocycles. The standard InChI is InChI=1S/C8H6ClF3NO2/c1-7(13(14)15)3-5(8(10,11)12)2-6(9)4-7/h2,4H,1,3H2. The molecule has 0 fully saturated rings. The lowest BCUT2D eigenvalue weighted by Gasteiger charge is -2.23. The van der Waals surface area contributed by atoms with Crippen LogP contribution in [-0.2, 0) is 0 Å². The molecular weight excluding hydrogens is 235 g/mol. The first-order chi connectivity index (χ1) is 6.65. The summed E-state index contributed by atoms with van der Waals surface area (Å²) >= 11 is 5.39. The van der Waals surface area contributed by atoms with E-state index >= 15 is 0 Å². The third-order valence-electron chi connectivity index (χ3n) is 1.94. The van der Waals surface area contributed by atoms with E-state index in [0.29, 0.717) is 6.08 Å². The van der Waals surface area contributed by atoms with Crippen LogP contribution < -0.4 is 0 Å². The number of hydrogen-bond donors (Lipinski definition) is 0. The van der Waals surface area contributed by atoms with Gasteiger partial charge in [0.15, 0.2) is 0 Å². The molecule has 83 valence electrons. The van der Waals surface area contributed by atoms with Gasteiger partial charge in [-0.2, -0.15) is 13.2 Å². The predicted octanol–water partition coefficient (Wildman–Crippen LogP) is 2.85. The zero-order valence-corrected chi connectivity index (χ0v) is 8.10. The van der Waals surface area contributed by atoms with E-state index < -0.39 is 28.6 Å². The van der Waals surface area contributed by atoms with Crippen molar-refractivity contribution in [3.8, 4) is 0 Å². The van der Waals surface area contributed by atoms with Crippen LogP contribution in [0.2, 0.25) is 0 Å². The van der Waals surface area contributed by atoms with Gasteiger partial charge >= 0.3 is 6.18 Å². The topological polar surface area (TPSA) is 43.1 Å². The van der Waals surface area contributed by atoms with E-state index in [4.69, 9.17) is 11.6 Å². The number of nitro groups is 1. The van der Waals surface area contributed by atoms with E-state index in [1.807, 2.05) is 0 Å². The van der Waals surface area contributed by atoms with Crippen LogP contribution in [0.4, 0.5) is 13.2 Å². The van der Waals surface area contributed by atoms with Gasteiger partial charge in [-0.1, -0.05) is 11.6 Å². The Morgan fingerprint density at radius 3 is 2.53 bits per heavy atom. The van der Waals surface area contributed by atoms with Gasteiger partial charge in [-0.05, 0) is 6.08 Å². The maximum absolute atomic E-state index is 12.3. The summed E-state index contributed by atoms with van der Waals surface area (Å²) in [5, 5.41) is 10.2.